The molecule has 1 rings (SSSR count). The minimum atomic E-state index is -1.66. The molecule has 1 amide bonds. The van der Waals surface area contributed by atoms with Crippen molar-refractivity contribution >= 4 is 5.91 Å². The Hall–Kier alpha value is -0.890. The van der Waals surface area contributed by atoms with E-state index in [1.165, 1.54) is 154 Å². The zero-order chi connectivity index (χ0) is 43.4. The van der Waals surface area contributed by atoms with Crippen molar-refractivity contribution < 1.29 is 50.0 Å². The Morgan fingerprint density at radius 2 is 0.881 bits per heavy atom. The van der Waals surface area contributed by atoms with E-state index in [2.05, 4.69) is 19.2 Å². The predicted molar refractivity (Wildman–Crippen MR) is 238 cm³/mol. The van der Waals surface area contributed by atoms with E-state index in [1.807, 2.05) is 0 Å². The minimum Gasteiger partial charge on any atom is -0.394 e. The number of hydrogen-bond donors (Lipinski definition) is 8. The maximum atomic E-state index is 13.1. The molecule has 0 saturated carbocycles. The SMILES string of the molecule is CCCCCCCCCCCCCCCCCCCCCCC(O)C(O)C(COC1OC(CO)C(O)C(O)C1O)NC(=O)C(O)CCCCCCCCCCCCCC. The van der Waals surface area contributed by atoms with Crippen LogP contribution in [0.4, 0.5) is 0 Å². The molecular weight excluding hydrogens is 751 g/mol. The molecule has 9 atom stereocenters. The van der Waals surface area contributed by atoms with Gasteiger partial charge in [-0.25, -0.2) is 0 Å². The van der Waals surface area contributed by atoms with Gasteiger partial charge in [0.2, 0.25) is 5.91 Å². The van der Waals surface area contributed by atoms with Crippen LogP contribution in [0.15, 0.2) is 0 Å². The lowest BCUT2D eigenvalue weighted by Crippen LogP contribution is -2.60. The fraction of sp³-hybridized carbons (Fsp3) is 0.979. The molecule has 352 valence electrons. The molecule has 59 heavy (non-hydrogen) atoms. The van der Waals surface area contributed by atoms with Crippen LogP contribution in [0.25, 0.3) is 0 Å². The molecule has 0 bridgehead atoms. The Morgan fingerprint density at radius 1 is 0.525 bits per heavy atom. The first-order valence-electron chi connectivity index (χ1n) is 24.9. The largest absolute Gasteiger partial charge is 0.394 e. The van der Waals surface area contributed by atoms with Crippen LogP contribution in [0.1, 0.15) is 232 Å². The number of amides is 1. The summed E-state index contributed by atoms with van der Waals surface area (Å²) >= 11 is 0. The van der Waals surface area contributed by atoms with Crippen molar-refractivity contribution in [2.75, 3.05) is 13.2 Å². The van der Waals surface area contributed by atoms with Crippen LogP contribution in [0.2, 0.25) is 0 Å². The highest BCUT2D eigenvalue weighted by Crippen LogP contribution is 2.23. The summed E-state index contributed by atoms with van der Waals surface area (Å²) < 4.78 is 11.1. The summed E-state index contributed by atoms with van der Waals surface area (Å²) in [5.41, 5.74) is 0. The van der Waals surface area contributed by atoms with E-state index in [4.69, 9.17) is 9.47 Å². The lowest BCUT2D eigenvalue weighted by Gasteiger charge is -2.40. The lowest BCUT2D eigenvalue weighted by molar-refractivity contribution is -0.303. The number of rotatable bonds is 42. The first-order chi connectivity index (χ1) is 28.7. The average Bonchev–Trinajstić information content (AvgIpc) is 3.23. The molecule has 0 radical (unpaired) electrons. The zero-order valence-corrected chi connectivity index (χ0v) is 38.0. The number of carbonyl (C=O) groups excluding carboxylic acids is 1. The standard InChI is InChI=1S/C48H95NO10/c1-3-5-7-9-11-13-15-17-18-19-20-21-22-23-24-26-27-29-31-33-35-40(51)43(53)39(38-58-48-46(56)45(55)44(54)42(37-50)59-48)49-47(57)41(52)36-34-32-30-28-25-16-14-12-10-8-6-4-2/h39-46,48,50-56H,3-38H2,1-2H3,(H,49,57). The minimum absolute atomic E-state index is 0.265. The highest BCUT2D eigenvalue weighted by atomic mass is 16.7. The van der Waals surface area contributed by atoms with Gasteiger partial charge in [0, 0.05) is 0 Å². The number of unbranched alkanes of at least 4 members (excludes halogenated alkanes) is 30. The second-order valence-electron chi connectivity index (χ2n) is 17.9. The van der Waals surface area contributed by atoms with E-state index in [-0.39, 0.29) is 6.42 Å². The van der Waals surface area contributed by atoms with E-state index in [0.717, 1.165) is 38.5 Å². The lowest BCUT2D eigenvalue weighted by atomic mass is 9.98. The van der Waals surface area contributed by atoms with Crippen molar-refractivity contribution in [2.45, 2.75) is 287 Å². The third-order valence-corrected chi connectivity index (χ3v) is 12.4. The third kappa shape index (κ3) is 28.4. The Bertz CT molecular complexity index is 928. The average molecular weight is 846 g/mol. The summed E-state index contributed by atoms with van der Waals surface area (Å²) in [5, 5.41) is 75.8. The summed E-state index contributed by atoms with van der Waals surface area (Å²) in [6.07, 6.45) is 28.6. The molecule has 1 aliphatic rings. The third-order valence-electron chi connectivity index (χ3n) is 12.4. The Balaban J connectivity index is 2.38. The van der Waals surface area contributed by atoms with Crippen molar-refractivity contribution in [1.29, 1.82) is 0 Å². The molecule has 9 unspecified atom stereocenters. The van der Waals surface area contributed by atoms with E-state index in [0.29, 0.717) is 19.3 Å². The monoisotopic (exact) mass is 846 g/mol. The van der Waals surface area contributed by atoms with Gasteiger partial charge in [-0.3, -0.25) is 4.79 Å². The van der Waals surface area contributed by atoms with Gasteiger partial charge < -0.3 is 50.5 Å². The van der Waals surface area contributed by atoms with Crippen LogP contribution in [-0.2, 0) is 14.3 Å². The zero-order valence-electron chi connectivity index (χ0n) is 38.0. The van der Waals surface area contributed by atoms with Crippen LogP contribution in [0.3, 0.4) is 0 Å². The Kier molecular flexibility index (Phi) is 36.9. The van der Waals surface area contributed by atoms with Gasteiger partial charge in [0.1, 0.15) is 36.6 Å². The number of aliphatic hydroxyl groups is 7. The van der Waals surface area contributed by atoms with E-state index >= 15 is 0 Å². The summed E-state index contributed by atoms with van der Waals surface area (Å²) in [4.78, 5) is 13.1. The molecule has 11 heteroatoms. The molecule has 0 spiro atoms. The summed E-state index contributed by atoms with van der Waals surface area (Å²) in [6, 6.07) is -1.16. The highest BCUT2D eigenvalue weighted by molar-refractivity contribution is 5.80. The molecule has 1 fully saturated rings. The molecule has 0 aromatic heterocycles. The number of carbonyl (C=O) groups is 1. The van der Waals surface area contributed by atoms with Crippen molar-refractivity contribution in [2.24, 2.45) is 0 Å². The van der Waals surface area contributed by atoms with Gasteiger partial charge in [-0.1, -0.05) is 219 Å². The fourth-order valence-corrected chi connectivity index (χ4v) is 8.27. The smallest absolute Gasteiger partial charge is 0.249 e. The number of hydrogen-bond acceptors (Lipinski definition) is 10. The maximum Gasteiger partial charge on any atom is 0.249 e. The summed E-state index contributed by atoms with van der Waals surface area (Å²) in [6.45, 7) is 3.45. The van der Waals surface area contributed by atoms with E-state index < -0.39 is 74.2 Å². The number of aliphatic hydroxyl groups excluding tert-OH is 7. The van der Waals surface area contributed by atoms with Crippen molar-refractivity contribution in [1.82, 2.24) is 5.32 Å². The van der Waals surface area contributed by atoms with Crippen LogP contribution >= 0.6 is 0 Å². The molecular formula is C48H95NO10. The second kappa shape index (κ2) is 38.8. The van der Waals surface area contributed by atoms with E-state index in [9.17, 15) is 40.5 Å². The van der Waals surface area contributed by atoms with Gasteiger partial charge in [0.15, 0.2) is 6.29 Å². The molecule has 0 aliphatic carbocycles. The quantitative estimate of drug-likeness (QED) is 0.0276. The van der Waals surface area contributed by atoms with Gasteiger partial charge in [0.05, 0.1) is 25.4 Å². The molecule has 11 nitrogen and oxygen atoms in total. The fourth-order valence-electron chi connectivity index (χ4n) is 8.27. The van der Waals surface area contributed by atoms with Crippen molar-refractivity contribution in [3.63, 3.8) is 0 Å². The van der Waals surface area contributed by atoms with Crippen LogP contribution in [-0.4, -0.2) is 110 Å². The number of ether oxygens (including phenoxy) is 2. The van der Waals surface area contributed by atoms with Gasteiger partial charge >= 0.3 is 0 Å². The molecule has 0 aromatic carbocycles. The van der Waals surface area contributed by atoms with Gasteiger partial charge in [-0.15, -0.1) is 0 Å². The van der Waals surface area contributed by atoms with Gasteiger partial charge in [0.25, 0.3) is 0 Å². The number of nitrogens with one attached hydrogen (secondary N) is 1. The molecule has 8 N–H and O–H groups in total. The second-order valence-corrected chi connectivity index (χ2v) is 17.9. The first kappa shape index (κ1) is 56.1. The van der Waals surface area contributed by atoms with Crippen LogP contribution < -0.4 is 5.32 Å². The van der Waals surface area contributed by atoms with Gasteiger partial charge in [-0.2, -0.15) is 0 Å². The molecule has 1 aliphatic heterocycles. The van der Waals surface area contributed by atoms with Crippen molar-refractivity contribution in [3.05, 3.63) is 0 Å². The van der Waals surface area contributed by atoms with Crippen LogP contribution in [0, 0.1) is 0 Å². The van der Waals surface area contributed by atoms with Gasteiger partial charge in [-0.05, 0) is 12.8 Å². The molecule has 1 heterocycles. The molecule has 0 aromatic rings. The predicted octanol–water partition coefficient (Wildman–Crippen LogP) is 8.67. The Labute approximate surface area is 360 Å². The van der Waals surface area contributed by atoms with E-state index in [1.54, 1.807) is 0 Å². The highest BCUT2D eigenvalue weighted by Gasteiger charge is 2.44. The van der Waals surface area contributed by atoms with Crippen LogP contribution in [0.5, 0.6) is 0 Å². The summed E-state index contributed by atoms with van der Waals surface area (Å²) in [7, 11) is 0. The molecule has 1 saturated heterocycles. The Morgan fingerprint density at radius 3 is 1.25 bits per heavy atom. The normalized spacial score (nSPS) is 21.7. The summed E-state index contributed by atoms with van der Waals surface area (Å²) in [5.74, 6) is -0.694. The topological polar surface area (TPSA) is 189 Å². The van der Waals surface area contributed by atoms with Crippen molar-refractivity contribution in [3.8, 4) is 0 Å². The first-order valence-corrected chi connectivity index (χ1v) is 24.9. The maximum absolute atomic E-state index is 13.1.